The zero-order chi connectivity index (χ0) is 19.2. The van der Waals surface area contributed by atoms with E-state index in [1.807, 2.05) is 0 Å². The molecule has 3 aromatic rings. The SMILES string of the molecule is CCOC(=O)c1ccc(NC(=O)CCn2cnc3c(OC)ncnc32)cc1. The molecule has 0 aliphatic heterocycles. The average Bonchev–Trinajstić information content (AvgIpc) is 3.10. The van der Waals surface area contributed by atoms with Crippen LogP contribution in [0.25, 0.3) is 11.2 Å². The summed E-state index contributed by atoms with van der Waals surface area (Å²) >= 11 is 0. The molecule has 0 fully saturated rings. The summed E-state index contributed by atoms with van der Waals surface area (Å²) in [6.45, 7) is 2.47. The summed E-state index contributed by atoms with van der Waals surface area (Å²) in [6, 6.07) is 6.55. The van der Waals surface area contributed by atoms with Crippen LogP contribution in [0.5, 0.6) is 5.88 Å². The molecule has 0 aliphatic rings. The molecule has 140 valence electrons. The summed E-state index contributed by atoms with van der Waals surface area (Å²) < 4.78 is 11.8. The number of carbonyl (C=O) groups is 2. The van der Waals surface area contributed by atoms with Crippen LogP contribution >= 0.6 is 0 Å². The number of amides is 1. The topological polar surface area (TPSA) is 108 Å². The van der Waals surface area contributed by atoms with Crippen LogP contribution in [0.3, 0.4) is 0 Å². The molecule has 0 spiro atoms. The number of fused-ring (bicyclic) bond motifs is 1. The molecule has 0 aliphatic carbocycles. The monoisotopic (exact) mass is 369 g/mol. The van der Waals surface area contributed by atoms with Gasteiger partial charge in [0.05, 0.1) is 25.6 Å². The van der Waals surface area contributed by atoms with E-state index in [-0.39, 0.29) is 18.3 Å². The number of rotatable bonds is 7. The predicted octanol–water partition coefficient (Wildman–Crippen LogP) is 2.04. The minimum atomic E-state index is -0.389. The number of hydrogen-bond acceptors (Lipinski definition) is 7. The number of methoxy groups -OCH3 is 1. The second kappa shape index (κ2) is 8.26. The number of anilines is 1. The second-order valence-corrected chi connectivity index (χ2v) is 5.59. The molecule has 0 radical (unpaired) electrons. The van der Waals surface area contributed by atoms with Crippen LogP contribution in [0.15, 0.2) is 36.9 Å². The molecule has 0 bridgehead atoms. The first-order valence-electron chi connectivity index (χ1n) is 8.39. The van der Waals surface area contributed by atoms with E-state index in [4.69, 9.17) is 9.47 Å². The molecule has 27 heavy (non-hydrogen) atoms. The van der Waals surface area contributed by atoms with Crippen molar-refractivity contribution in [2.75, 3.05) is 19.0 Å². The van der Waals surface area contributed by atoms with Crippen LogP contribution in [0.1, 0.15) is 23.7 Å². The second-order valence-electron chi connectivity index (χ2n) is 5.59. The molecule has 9 nitrogen and oxygen atoms in total. The van der Waals surface area contributed by atoms with Gasteiger partial charge in [0.2, 0.25) is 11.8 Å². The number of benzene rings is 1. The van der Waals surface area contributed by atoms with Gasteiger partial charge in [-0.05, 0) is 31.2 Å². The van der Waals surface area contributed by atoms with E-state index < -0.39 is 0 Å². The highest BCUT2D eigenvalue weighted by Gasteiger charge is 2.12. The smallest absolute Gasteiger partial charge is 0.338 e. The minimum absolute atomic E-state index is 0.165. The molecule has 1 amide bonds. The lowest BCUT2D eigenvalue weighted by atomic mass is 10.2. The maximum Gasteiger partial charge on any atom is 0.338 e. The van der Waals surface area contributed by atoms with Crippen molar-refractivity contribution in [2.45, 2.75) is 19.9 Å². The summed E-state index contributed by atoms with van der Waals surface area (Å²) in [5.41, 5.74) is 2.20. The standard InChI is InChI=1S/C18H19N5O4/c1-3-27-18(25)12-4-6-13(7-5-12)22-14(24)8-9-23-11-21-15-16(23)19-10-20-17(15)26-2/h4-7,10-11H,3,8-9H2,1-2H3,(H,22,24). The van der Waals surface area contributed by atoms with Gasteiger partial charge in [0.25, 0.3) is 0 Å². The van der Waals surface area contributed by atoms with Crippen LogP contribution in [-0.4, -0.2) is 45.1 Å². The first kappa shape index (κ1) is 18.3. The molecule has 2 heterocycles. The van der Waals surface area contributed by atoms with E-state index in [0.717, 1.165) is 0 Å². The first-order valence-corrected chi connectivity index (χ1v) is 8.39. The lowest BCUT2D eigenvalue weighted by Gasteiger charge is -2.07. The molecule has 3 rings (SSSR count). The van der Waals surface area contributed by atoms with E-state index >= 15 is 0 Å². The number of nitrogens with zero attached hydrogens (tertiary/aromatic N) is 4. The van der Waals surface area contributed by atoms with E-state index in [2.05, 4.69) is 20.3 Å². The zero-order valence-corrected chi connectivity index (χ0v) is 15.0. The number of aryl methyl sites for hydroxylation is 1. The number of carbonyl (C=O) groups excluding carboxylic acids is 2. The van der Waals surface area contributed by atoms with Crippen molar-refractivity contribution in [1.29, 1.82) is 0 Å². The third-order valence-corrected chi connectivity index (χ3v) is 3.82. The Hall–Kier alpha value is -3.49. The molecule has 0 atom stereocenters. The molecule has 0 saturated carbocycles. The number of ether oxygens (including phenoxy) is 2. The van der Waals surface area contributed by atoms with Crippen molar-refractivity contribution in [2.24, 2.45) is 0 Å². The third-order valence-electron chi connectivity index (χ3n) is 3.82. The van der Waals surface area contributed by atoms with Gasteiger partial charge in [-0.1, -0.05) is 0 Å². The highest BCUT2D eigenvalue weighted by atomic mass is 16.5. The predicted molar refractivity (Wildman–Crippen MR) is 97.5 cm³/mol. The van der Waals surface area contributed by atoms with Gasteiger partial charge in [-0.25, -0.2) is 14.8 Å². The van der Waals surface area contributed by atoms with Crippen LogP contribution in [0.4, 0.5) is 5.69 Å². The summed E-state index contributed by atoms with van der Waals surface area (Å²) in [5, 5.41) is 2.79. The largest absolute Gasteiger partial charge is 0.479 e. The van der Waals surface area contributed by atoms with E-state index in [9.17, 15) is 9.59 Å². The van der Waals surface area contributed by atoms with Crippen molar-refractivity contribution < 1.29 is 19.1 Å². The zero-order valence-electron chi connectivity index (χ0n) is 15.0. The Bertz CT molecular complexity index is 952. The summed E-state index contributed by atoms with van der Waals surface area (Å²) in [5.74, 6) is -0.161. The Morgan fingerprint density at radius 2 is 1.93 bits per heavy atom. The lowest BCUT2D eigenvalue weighted by molar-refractivity contribution is -0.116. The Kier molecular flexibility index (Phi) is 5.60. The summed E-state index contributed by atoms with van der Waals surface area (Å²) in [4.78, 5) is 36.2. The van der Waals surface area contributed by atoms with Gasteiger partial charge >= 0.3 is 5.97 Å². The van der Waals surface area contributed by atoms with Crippen LogP contribution in [0, 0.1) is 0 Å². The normalized spacial score (nSPS) is 10.6. The van der Waals surface area contributed by atoms with Gasteiger partial charge in [0, 0.05) is 18.7 Å². The Balaban J connectivity index is 1.59. The van der Waals surface area contributed by atoms with Gasteiger partial charge in [-0.3, -0.25) is 4.79 Å². The van der Waals surface area contributed by atoms with Gasteiger partial charge < -0.3 is 19.4 Å². The van der Waals surface area contributed by atoms with Crippen molar-refractivity contribution in [3.05, 3.63) is 42.5 Å². The fraction of sp³-hybridized carbons (Fsp3) is 0.278. The van der Waals surface area contributed by atoms with E-state index in [0.29, 0.717) is 41.4 Å². The molecular weight excluding hydrogens is 350 g/mol. The first-order chi connectivity index (χ1) is 13.1. The van der Waals surface area contributed by atoms with Crippen molar-refractivity contribution in [1.82, 2.24) is 19.5 Å². The Morgan fingerprint density at radius 1 is 1.15 bits per heavy atom. The van der Waals surface area contributed by atoms with E-state index in [1.54, 1.807) is 42.1 Å². The number of aromatic nitrogens is 4. The molecule has 9 heteroatoms. The molecule has 2 aromatic heterocycles. The highest BCUT2D eigenvalue weighted by Crippen LogP contribution is 2.19. The van der Waals surface area contributed by atoms with Crippen LogP contribution < -0.4 is 10.1 Å². The Labute approximate surface area is 155 Å². The fourth-order valence-corrected chi connectivity index (χ4v) is 2.52. The number of hydrogen-bond donors (Lipinski definition) is 1. The molecule has 1 N–H and O–H groups in total. The van der Waals surface area contributed by atoms with Gasteiger partial charge in [-0.15, -0.1) is 0 Å². The quantitative estimate of drug-likeness (QED) is 0.635. The van der Waals surface area contributed by atoms with Gasteiger partial charge in [-0.2, -0.15) is 4.98 Å². The minimum Gasteiger partial charge on any atom is -0.479 e. The van der Waals surface area contributed by atoms with Crippen LogP contribution in [0.2, 0.25) is 0 Å². The van der Waals surface area contributed by atoms with Gasteiger partial charge in [0.1, 0.15) is 6.33 Å². The number of imidazole rings is 1. The summed E-state index contributed by atoms with van der Waals surface area (Å²) in [6.07, 6.45) is 3.23. The maximum atomic E-state index is 12.2. The summed E-state index contributed by atoms with van der Waals surface area (Å²) in [7, 11) is 1.52. The van der Waals surface area contributed by atoms with Crippen molar-refractivity contribution in [3.8, 4) is 5.88 Å². The number of esters is 1. The van der Waals surface area contributed by atoms with E-state index in [1.165, 1.54) is 13.4 Å². The van der Waals surface area contributed by atoms with Crippen molar-refractivity contribution >= 4 is 28.7 Å². The molecule has 1 aromatic carbocycles. The molecule has 0 saturated heterocycles. The molecular formula is C18H19N5O4. The maximum absolute atomic E-state index is 12.2. The average molecular weight is 369 g/mol. The van der Waals surface area contributed by atoms with Crippen molar-refractivity contribution in [3.63, 3.8) is 0 Å². The molecule has 0 unspecified atom stereocenters. The highest BCUT2D eigenvalue weighted by molar-refractivity contribution is 5.93. The fourth-order valence-electron chi connectivity index (χ4n) is 2.52. The van der Waals surface area contributed by atoms with Gasteiger partial charge in [0.15, 0.2) is 11.2 Å². The van der Waals surface area contributed by atoms with Crippen LogP contribution in [-0.2, 0) is 16.1 Å². The number of nitrogens with one attached hydrogen (secondary N) is 1. The third kappa shape index (κ3) is 4.20. The lowest BCUT2D eigenvalue weighted by Crippen LogP contribution is -2.14. The Morgan fingerprint density at radius 3 is 2.63 bits per heavy atom.